The van der Waals surface area contributed by atoms with E-state index in [0.717, 1.165) is 18.4 Å². The Bertz CT molecular complexity index is 544. The van der Waals surface area contributed by atoms with E-state index in [1.165, 1.54) is 36.5 Å². The normalized spacial score (nSPS) is 23.6. The summed E-state index contributed by atoms with van der Waals surface area (Å²) in [5, 5.41) is 6.11. The lowest BCUT2D eigenvalue weighted by molar-refractivity contribution is 0.301. The predicted octanol–water partition coefficient (Wildman–Crippen LogP) is 4.33. The maximum Gasteiger partial charge on any atom is -0.00177 e. The molecule has 1 nitrogen and oxygen atoms in total. The lowest BCUT2D eigenvalue weighted by Crippen LogP contribution is -2.27. The van der Waals surface area contributed by atoms with Gasteiger partial charge < -0.3 is 5.32 Å². The number of rotatable bonds is 3. The predicted molar refractivity (Wildman–Crippen MR) is 82.6 cm³/mol. The fourth-order valence-electron chi connectivity index (χ4n) is 3.59. The van der Waals surface area contributed by atoms with Crippen LogP contribution in [0.1, 0.15) is 37.2 Å². The van der Waals surface area contributed by atoms with Crippen molar-refractivity contribution in [3.8, 4) is 0 Å². The Morgan fingerprint density at radius 3 is 2.63 bits per heavy atom. The van der Waals surface area contributed by atoms with Crippen molar-refractivity contribution in [3.63, 3.8) is 0 Å². The summed E-state index contributed by atoms with van der Waals surface area (Å²) < 4.78 is 0. The molecule has 0 spiro atoms. The van der Waals surface area contributed by atoms with Gasteiger partial charge in [-0.3, -0.25) is 0 Å². The first-order valence-corrected chi connectivity index (χ1v) is 7.52. The molecule has 0 amide bonds. The molecular formula is C18H23N. The summed E-state index contributed by atoms with van der Waals surface area (Å²) in [6.07, 6.45) is 5.51. The number of nitrogens with one attached hydrogen (secondary N) is 1. The maximum absolute atomic E-state index is 3.37. The highest BCUT2D eigenvalue weighted by molar-refractivity contribution is 5.83. The molecule has 0 aromatic heterocycles. The van der Waals surface area contributed by atoms with Gasteiger partial charge in [0.1, 0.15) is 0 Å². The van der Waals surface area contributed by atoms with Gasteiger partial charge in [-0.05, 0) is 54.6 Å². The van der Waals surface area contributed by atoms with Crippen molar-refractivity contribution in [2.45, 2.75) is 31.6 Å². The molecule has 3 rings (SSSR count). The van der Waals surface area contributed by atoms with Crippen molar-refractivity contribution >= 4 is 10.8 Å². The summed E-state index contributed by atoms with van der Waals surface area (Å²) in [6, 6.07) is 15.7. The van der Waals surface area contributed by atoms with Gasteiger partial charge in [0.05, 0.1) is 0 Å². The SMILES string of the molecule is CNCC1CCCCC1c1ccc2ccccc2c1. The van der Waals surface area contributed by atoms with Crippen LogP contribution in [0.2, 0.25) is 0 Å². The lowest BCUT2D eigenvalue weighted by atomic mass is 9.75. The minimum atomic E-state index is 0.741. The topological polar surface area (TPSA) is 12.0 Å². The van der Waals surface area contributed by atoms with Crippen molar-refractivity contribution in [2.75, 3.05) is 13.6 Å². The average molecular weight is 253 g/mol. The smallest absolute Gasteiger partial charge is 0.00177 e. The molecule has 2 unspecified atom stereocenters. The molecule has 2 aromatic rings. The van der Waals surface area contributed by atoms with E-state index in [9.17, 15) is 0 Å². The maximum atomic E-state index is 3.37. The summed E-state index contributed by atoms with van der Waals surface area (Å²) in [7, 11) is 2.08. The van der Waals surface area contributed by atoms with Crippen LogP contribution in [-0.2, 0) is 0 Å². The van der Waals surface area contributed by atoms with E-state index in [0.29, 0.717) is 0 Å². The van der Waals surface area contributed by atoms with Crippen molar-refractivity contribution in [2.24, 2.45) is 5.92 Å². The summed E-state index contributed by atoms with van der Waals surface area (Å²) >= 11 is 0. The second kappa shape index (κ2) is 5.75. The molecule has 1 fully saturated rings. The second-order valence-electron chi connectivity index (χ2n) is 5.82. The van der Waals surface area contributed by atoms with Gasteiger partial charge in [-0.25, -0.2) is 0 Å². The Morgan fingerprint density at radius 2 is 1.79 bits per heavy atom. The average Bonchev–Trinajstić information content (AvgIpc) is 2.48. The first-order chi connectivity index (χ1) is 9.38. The number of benzene rings is 2. The van der Waals surface area contributed by atoms with Crippen molar-refractivity contribution in [1.82, 2.24) is 5.32 Å². The van der Waals surface area contributed by atoms with E-state index in [1.807, 2.05) is 0 Å². The van der Waals surface area contributed by atoms with Gasteiger partial charge in [-0.2, -0.15) is 0 Å². The molecule has 1 heteroatoms. The number of fused-ring (bicyclic) bond motifs is 1. The third-order valence-electron chi connectivity index (χ3n) is 4.58. The molecule has 0 radical (unpaired) electrons. The molecule has 1 N–H and O–H groups in total. The van der Waals surface area contributed by atoms with E-state index in [-0.39, 0.29) is 0 Å². The first kappa shape index (κ1) is 12.7. The van der Waals surface area contributed by atoms with Crippen molar-refractivity contribution < 1.29 is 0 Å². The number of hydrogen-bond donors (Lipinski definition) is 1. The highest BCUT2D eigenvalue weighted by Crippen LogP contribution is 2.38. The molecule has 1 saturated carbocycles. The summed E-state index contributed by atoms with van der Waals surface area (Å²) in [5.74, 6) is 1.55. The minimum Gasteiger partial charge on any atom is -0.319 e. The standard InChI is InChI=1S/C18H23N/c1-19-13-17-8-4-5-9-18(17)16-11-10-14-6-2-3-7-15(14)12-16/h2-3,6-7,10-12,17-19H,4-5,8-9,13H2,1H3. The molecule has 0 saturated heterocycles. The van der Waals surface area contributed by atoms with Crippen LogP contribution in [0.4, 0.5) is 0 Å². The molecule has 100 valence electrons. The van der Waals surface area contributed by atoms with E-state index in [1.54, 1.807) is 5.56 Å². The highest BCUT2D eigenvalue weighted by atomic mass is 14.8. The molecule has 2 aromatic carbocycles. The Kier molecular flexibility index (Phi) is 3.84. The monoisotopic (exact) mass is 253 g/mol. The van der Waals surface area contributed by atoms with Crippen LogP contribution in [0.3, 0.4) is 0 Å². The van der Waals surface area contributed by atoms with Crippen LogP contribution in [0.25, 0.3) is 10.8 Å². The van der Waals surface area contributed by atoms with Crippen LogP contribution in [-0.4, -0.2) is 13.6 Å². The van der Waals surface area contributed by atoms with Gasteiger partial charge in [0.25, 0.3) is 0 Å². The van der Waals surface area contributed by atoms with Gasteiger partial charge in [0.15, 0.2) is 0 Å². The van der Waals surface area contributed by atoms with Crippen molar-refractivity contribution in [1.29, 1.82) is 0 Å². The van der Waals surface area contributed by atoms with E-state index in [2.05, 4.69) is 54.8 Å². The van der Waals surface area contributed by atoms with Crippen LogP contribution in [0, 0.1) is 5.92 Å². The van der Waals surface area contributed by atoms with Gasteiger partial charge in [0.2, 0.25) is 0 Å². The third kappa shape index (κ3) is 2.66. The molecule has 19 heavy (non-hydrogen) atoms. The zero-order valence-corrected chi connectivity index (χ0v) is 11.7. The summed E-state index contributed by atoms with van der Waals surface area (Å²) in [6.45, 7) is 1.15. The minimum absolute atomic E-state index is 0.741. The number of hydrogen-bond acceptors (Lipinski definition) is 1. The highest BCUT2D eigenvalue weighted by Gasteiger charge is 2.25. The largest absolute Gasteiger partial charge is 0.319 e. The molecule has 2 atom stereocenters. The van der Waals surface area contributed by atoms with Crippen LogP contribution < -0.4 is 5.32 Å². The molecule has 0 aliphatic heterocycles. The fraction of sp³-hybridized carbons (Fsp3) is 0.444. The summed E-state index contributed by atoms with van der Waals surface area (Å²) in [4.78, 5) is 0. The van der Waals surface area contributed by atoms with Gasteiger partial charge in [-0.15, -0.1) is 0 Å². The van der Waals surface area contributed by atoms with Gasteiger partial charge >= 0.3 is 0 Å². The van der Waals surface area contributed by atoms with E-state index in [4.69, 9.17) is 0 Å². The van der Waals surface area contributed by atoms with E-state index >= 15 is 0 Å². The second-order valence-corrected chi connectivity index (χ2v) is 5.82. The van der Waals surface area contributed by atoms with Crippen LogP contribution >= 0.6 is 0 Å². The zero-order valence-electron chi connectivity index (χ0n) is 11.7. The van der Waals surface area contributed by atoms with Crippen LogP contribution in [0.5, 0.6) is 0 Å². The third-order valence-corrected chi connectivity index (χ3v) is 4.58. The van der Waals surface area contributed by atoms with Gasteiger partial charge in [-0.1, -0.05) is 55.3 Å². The Hall–Kier alpha value is -1.34. The Balaban J connectivity index is 1.92. The van der Waals surface area contributed by atoms with Crippen LogP contribution in [0.15, 0.2) is 42.5 Å². The molecule has 1 aliphatic rings. The molecule has 1 aliphatic carbocycles. The molecule has 0 heterocycles. The summed E-state index contributed by atoms with van der Waals surface area (Å²) in [5.41, 5.74) is 1.54. The van der Waals surface area contributed by atoms with E-state index < -0.39 is 0 Å². The Morgan fingerprint density at radius 1 is 1.00 bits per heavy atom. The zero-order chi connectivity index (χ0) is 13.1. The fourth-order valence-corrected chi connectivity index (χ4v) is 3.59. The Labute approximate surface area is 116 Å². The first-order valence-electron chi connectivity index (χ1n) is 7.52. The molecular weight excluding hydrogens is 230 g/mol. The quantitative estimate of drug-likeness (QED) is 0.858. The van der Waals surface area contributed by atoms with Gasteiger partial charge in [0, 0.05) is 0 Å². The lowest BCUT2D eigenvalue weighted by Gasteiger charge is -2.32. The molecule has 0 bridgehead atoms. The van der Waals surface area contributed by atoms with Crippen molar-refractivity contribution in [3.05, 3.63) is 48.0 Å².